The zero-order valence-corrected chi connectivity index (χ0v) is 13.9. The summed E-state index contributed by atoms with van der Waals surface area (Å²) >= 11 is 0. The van der Waals surface area contributed by atoms with Gasteiger partial charge in [-0.05, 0) is 74.6 Å². The van der Waals surface area contributed by atoms with Crippen LogP contribution < -0.4 is 0 Å². The molecule has 3 aliphatic carbocycles. The molecular weight excluding hydrogens is 294 g/mol. The number of aryl methyl sites for hydroxylation is 2. The molecule has 0 amide bonds. The number of hydrogen-bond acceptors (Lipinski definition) is 2. The highest BCUT2D eigenvalue weighted by atomic mass is 32.2. The van der Waals surface area contributed by atoms with E-state index in [1.165, 1.54) is 36.8 Å². The second kappa shape index (κ2) is 5.64. The van der Waals surface area contributed by atoms with E-state index in [2.05, 4.69) is 6.07 Å². The van der Waals surface area contributed by atoms with Crippen LogP contribution in [0.15, 0.2) is 23.1 Å². The van der Waals surface area contributed by atoms with Gasteiger partial charge in [-0.2, -0.15) is 4.31 Å². The summed E-state index contributed by atoms with van der Waals surface area (Å²) in [7, 11) is -3.32. The van der Waals surface area contributed by atoms with Gasteiger partial charge in [0.25, 0.3) is 0 Å². The predicted octanol–water partition coefficient (Wildman–Crippen LogP) is 3.66. The van der Waals surface area contributed by atoms with E-state index in [-0.39, 0.29) is 12.1 Å². The summed E-state index contributed by atoms with van der Waals surface area (Å²) in [6.07, 6.45) is 11.1. The number of fused-ring (bicyclic) bond motifs is 1. The summed E-state index contributed by atoms with van der Waals surface area (Å²) in [5.74, 6) is 0. The van der Waals surface area contributed by atoms with Gasteiger partial charge in [0.2, 0.25) is 10.0 Å². The maximum atomic E-state index is 13.2. The average Bonchev–Trinajstić information content (AvgIpc) is 3.20. The molecule has 0 unspecified atom stereocenters. The fraction of sp³-hybridized carbons (Fsp3) is 0.667. The molecular formula is C18H25NO2S. The first-order chi connectivity index (χ1) is 10.7. The normalized spacial score (nSPS) is 23.0. The molecule has 1 aromatic carbocycles. The van der Waals surface area contributed by atoms with E-state index in [0.29, 0.717) is 4.90 Å². The minimum Gasteiger partial charge on any atom is -0.207 e. The van der Waals surface area contributed by atoms with Crippen LogP contribution in [-0.4, -0.2) is 24.8 Å². The van der Waals surface area contributed by atoms with Gasteiger partial charge in [0.15, 0.2) is 0 Å². The lowest BCUT2D eigenvalue weighted by Gasteiger charge is -2.28. The van der Waals surface area contributed by atoms with E-state index in [9.17, 15) is 8.42 Å². The highest BCUT2D eigenvalue weighted by molar-refractivity contribution is 7.89. The van der Waals surface area contributed by atoms with Gasteiger partial charge < -0.3 is 0 Å². The van der Waals surface area contributed by atoms with Gasteiger partial charge in [0, 0.05) is 12.1 Å². The van der Waals surface area contributed by atoms with E-state index in [1.54, 1.807) is 0 Å². The summed E-state index contributed by atoms with van der Waals surface area (Å²) < 4.78 is 28.3. The number of benzene rings is 1. The largest absolute Gasteiger partial charge is 0.243 e. The number of hydrogen-bond donors (Lipinski definition) is 0. The third kappa shape index (κ3) is 2.61. The van der Waals surface area contributed by atoms with Crippen LogP contribution in [0.2, 0.25) is 0 Å². The first-order valence-electron chi connectivity index (χ1n) is 8.81. The molecule has 0 spiro atoms. The SMILES string of the molecule is O=S(=O)(c1ccc2c(c1)CCCC2)N(C1CCCC1)C1CC1. The van der Waals surface area contributed by atoms with Gasteiger partial charge in [0.1, 0.15) is 0 Å². The minimum atomic E-state index is -3.32. The third-order valence-corrected chi connectivity index (χ3v) is 7.49. The van der Waals surface area contributed by atoms with Crippen LogP contribution >= 0.6 is 0 Å². The second-order valence-corrected chi connectivity index (χ2v) is 8.99. The van der Waals surface area contributed by atoms with Gasteiger partial charge in [0.05, 0.1) is 4.90 Å². The average molecular weight is 319 g/mol. The highest BCUT2D eigenvalue weighted by Crippen LogP contribution is 2.39. The van der Waals surface area contributed by atoms with E-state index < -0.39 is 10.0 Å². The van der Waals surface area contributed by atoms with Crippen LogP contribution in [0.5, 0.6) is 0 Å². The molecule has 0 saturated heterocycles. The molecule has 3 nitrogen and oxygen atoms in total. The molecule has 0 N–H and O–H groups in total. The van der Waals surface area contributed by atoms with E-state index in [1.807, 2.05) is 16.4 Å². The molecule has 120 valence electrons. The molecule has 2 saturated carbocycles. The Labute approximate surface area is 133 Å². The first kappa shape index (κ1) is 14.7. The number of nitrogens with zero attached hydrogens (tertiary/aromatic N) is 1. The van der Waals surface area contributed by atoms with Crippen molar-refractivity contribution in [1.82, 2.24) is 4.31 Å². The Morgan fingerprint density at radius 2 is 1.45 bits per heavy atom. The molecule has 3 aliphatic rings. The van der Waals surface area contributed by atoms with Crippen molar-refractivity contribution in [3.63, 3.8) is 0 Å². The van der Waals surface area contributed by atoms with Gasteiger partial charge in [-0.15, -0.1) is 0 Å². The zero-order chi connectivity index (χ0) is 15.2. The van der Waals surface area contributed by atoms with E-state index >= 15 is 0 Å². The van der Waals surface area contributed by atoms with Crippen molar-refractivity contribution in [3.8, 4) is 0 Å². The monoisotopic (exact) mass is 319 g/mol. The van der Waals surface area contributed by atoms with E-state index in [0.717, 1.165) is 38.5 Å². The summed E-state index contributed by atoms with van der Waals surface area (Å²) in [6, 6.07) is 6.39. The Morgan fingerprint density at radius 3 is 2.14 bits per heavy atom. The summed E-state index contributed by atoms with van der Waals surface area (Å²) in [5, 5.41) is 0. The van der Waals surface area contributed by atoms with Crippen molar-refractivity contribution >= 4 is 10.0 Å². The first-order valence-corrected chi connectivity index (χ1v) is 10.3. The molecule has 0 heterocycles. The van der Waals surface area contributed by atoms with Crippen molar-refractivity contribution in [2.45, 2.75) is 81.2 Å². The molecule has 1 aromatic rings. The quantitative estimate of drug-likeness (QED) is 0.849. The molecule has 0 aliphatic heterocycles. The van der Waals surface area contributed by atoms with Crippen molar-refractivity contribution < 1.29 is 8.42 Å². The van der Waals surface area contributed by atoms with Gasteiger partial charge >= 0.3 is 0 Å². The van der Waals surface area contributed by atoms with Gasteiger partial charge in [-0.1, -0.05) is 18.9 Å². The van der Waals surface area contributed by atoms with Crippen molar-refractivity contribution in [1.29, 1.82) is 0 Å². The Hall–Kier alpha value is -0.870. The lowest BCUT2D eigenvalue weighted by Crippen LogP contribution is -2.40. The Kier molecular flexibility index (Phi) is 3.77. The lowest BCUT2D eigenvalue weighted by atomic mass is 9.92. The van der Waals surface area contributed by atoms with E-state index in [4.69, 9.17) is 0 Å². The highest BCUT2D eigenvalue weighted by Gasteiger charge is 2.43. The topological polar surface area (TPSA) is 37.4 Å². The molecule has 4 heteroatoms. The fourth-order valence-corrected chi connectivity index (χ4v) is 6.15. The van der Waals surface area contributed by atoms with Crippen LogP contribution in [0.25, 0.3) is 0 Å². The molecule has 22 heavy (non-hydrogen) atoms. The molecule has 2 fully saturated rings. The molecule has 0 bridgehead atoms. The predicted molar refractivity (Wildman–Crippen MR) is 87.4 cm³/mol. The molecule has 0 atom stereocenters. The van der Waals surface area contributed by atoms with Gasteiger partial charge in [-0.3, -0.25) is 0 Å². The second-order valence-electron chi connectivity index (χ2n) is 7.14. The van der Waals surface area contributed by atoms with Crippen LogP contribution in [-0.2, 0) is 22.9 Å². The summed E-state index contributed by atoms with van der Waals surface area (Å²) in [4.78, 5) is 0.534. The third-order valence-electron chi connectivity index (χ3n) is 5.49. The molecule has 4 rings (SSSR count). The summed E-state index contributed by atoms with van der Waals surface area (Å²) in [6.45, 7) is 0. The van der Waals surface area contributed by atoms with Crippen molar-refractivity contribution in [3.05, 3.63) is 29.3 Å². The standard InChI is InChI=1S/C18H25NO2S/c20-22(21,19(17-10-11-17)16-7-3-4-8-16)18-12-9-14-5-1-2-6-15(14)13-18/h9,12-13,16-17H,1-8,10-11H2. The number of rotatable bonds is 4. The van der Waals surface area contributed by atoms with Crippen LogP contribution in [0.1, 0.15) is 62.5 Å². The fourth-order valence-electron chi connectivity index (χ4n) is 4.17. The minimum absolute atomic E-state index is 0.244. The van der Waals surface area contributed by atoms with Crippen molar-refractivity contribution in [2.24, 2.45) is 0 Å². The van der Waals surface area contributed by atoms with Crippen LogP contribution in [0, 0.1) is 0 Å². The molecule has 0 radical (unpaired) electrons. The molecule has 0 aromatic heterocycles. The van der Waals surface area contributed by atoms with Crippen LogP contribution in [0.4, 0.5) is 0 Å². The Morgan fingerprint density at radius 1 is 0.818 bits per heavy atom. The van der Waals surface area contributed by atoms with Crippen molar-refractivity contribution in [2.75, 3.05) is 0 Å². The Balaban J connectivity index is 1.69. The summed E-state index contributed by atoms with van der Waals surface area (Å²) in [5.41, 5.74) is 2.61. The Bertz CT molecular complexity index is 658. The van der Waals surface area contributed by atoms with Crippen LogP contribution in [0.3, 0.4) is 0 Å². The maximum absolute atomic E-state index is 13.2. The smallest absolute Gasteiger partial charge is 0.207 e. The number of sulfonamides is 1. The zero-order valence-electron chi connectivity index (χ0n) is 13.1. The van der Waals surface area contributed by atoms with Gasteiger partial charge in [-0.25, -0.2) is 8.42 Å². The maximum Gasteiger partial charge on any atom is 0.243 e. The lowest BCUT2D eigenvalue weighted by molar-refractivity contribution is 0.314.